The molecule has 174 valence electrons. The first kappa shape index (κ1) is 28.7. The van der Waals surface area contributed by atoms with Crippen LogP contribution in [-0.4, -0.2) is 80.1 Å². The van der Waals surface area contributed by atoms with Crippen molar-refractivity contribution in [1.29, 1.82) is 0 Å². The van der Waals surface area contributed by atoms with Gasteiger partial charge in [-0.3, -0.25) is 0 Å². The number of ether oxygens (including phenoxy) is 2. The van der Waals surface area contributed by atoms with E-state index in [0.29, 0.717) is 12.1 Å². The first-order chi connectivity index (χ1) is 13.4. The molecule has 0 radical (unpaired) electrons. The number of quaternary nitrogens is 2. The first-order valence-corrected chi connectivity index (χ1v) is 10.3. The van der Waals surface area contributed by atoms with Crippen LogP contribution in [0.2, 0.25) is 0 Å². The molecule has 2 saturated heterocycles. The van der Waals surface area contributed by atoms with Gasteiger partial charge in [-0.2, -0.15) is 0 Å². The summed E-state index contributed by atoms with van der Waals surface area (Å²) in [5.74, 6) is 0. The first-order valence-electron chi connectivity index (χ1n) is 10.3. The monoisotopic (exact) mass is 654 g/mol. The number of nitrogens with zero attached hydrogens (tertiary/aromatic N) is 2. The molecule has 2 aromatic rings. The average Bonchev–Trinajstić information content (AvgIpc) is 3.24. The van der Waals surface area contributed by atoms with Crippen molar-refractivity contribution in [1.82, 2.24) is 0 Å². The van der Waals surface area contributed by atoms with Crippen LogP contribution in [0.5, 0.6) is 0 Å². The zero-order valence-corrected chi connectivity index (χ0v) is 23.2. The van der Waals surface area contributed by atoms with Gasteiger partial charge in [0.05, 0.1) is 28.2 Å². The molecule has 0 aliphatic carbocycles. The van der Waals surface area contributed by atoms with E-state index in [1.165, 1.54) is 11.1 Å². The SMILES string of the molecule is C[N+](C)(Cc1ccccc1)[C@H]1CO[C@H]2[C@@H]1OC[C@@H]2[N+](C)(C)Cc1ccccc1.O.[I-].[I-]. The minimum atomic E-state index is 0. The number of rotatable bonds is 6. The topological polar surface area (TPSA) is 50.0 Å². The summed E-state index contributed by atoms with van der Waals surface area (Å²) in [5, 5.41) is 0. The van der Waals surface area contributed by atoms with Crippen LogP contribution in [0.4, 0.5) is 0 Å². The van der Waals surface area contributed by atoms with E-state index >= 15 is 0 Å². The lowest BCUT2D eigenvalue weighted by molar-refractivity contribution is -0.929. The Kier molecular flexibility index (Phi) is 10.9. The highest BCUT2D eigenvalue weighted by atomic mass is 127. The molecule has 0 bridgehead atoms. The normalized spacial score (nSPS) is 25.0. The number of halogens is 2. The molecule has 0 saturated carbocycles. The van der Waals surface area contributed by atoms with E-state index in [1.54, 1.807) is 0 Å². The lowest BCUT2D eigenvalue weighted by Crippen LogP contribution is -3.00. The van der Waals surface area contributed by atoms with Crippen molar-refractivity contribution in [2.24, 2.45) is 0 Å². The van der Waals surface area contributed by atoms with Crippen LogP contribution in [0.1, 0.15) is 11.1 Å². The largest absolute Gasteiger partial charge is 1.00 e. The summed E-state index contributed by atoms with van der Waals surface area (Å²) in [7, 11) is 9.24. The Morgan fingerprint density at radius 2 is 0.968 bits per heavy atom. The highest BCUT2D eigenvalue weighted by Crippen LogP contribution is 2.37. The van der Waals surface area contributed by atoms with E-state index in [9.17, 15) is 0 Å². The van der Waals surface area contributed by atoms with Gasteiger partial charge in [-0.05, 0) is 0 Å². The Morgan fingerprint density at radius 1 is 0.645 bits per heavy atom. The molecule has 4 atom stereocenters. The third-order valence-corrected chi connectivity index (χ3v) is 6.66. The Morgan fingerprint density at radius 3 is 1.29 bits per heavy atom. The van der Waals surface area contributed by atoms with Crippen LogP contribution in [-0.2, 0) is 22.6 Å². The van der Waals surface area contributed by atoms with Crippen LogP contribution >= 0.6 is 0 Å². The summed E-state index contributed by atoms with van der Waals surface area (Å²) in [6.45, 7) is 3.54. The van der Waals surface area contributed by atoms with Crippen LogP contribution < -0.4 is 48.0 Å². The number of hydrogen-bond acceptors (Lipinski definition) is 2. The van der Waals surface area contributed by atoms with E-state index < -0.39 is 0 Å². The Labute approximate surface area is 221 Å². The molecule has 2 heterocycles. The second kappa shape index (κ2) is 11.7. The van der Waals surface area contributed by atoms with Crippen LogP contribution in [0.25, 0.3) is 0 Å². The van der Waals surface area contributed by atoms with Gasteiger partial charge in [0.15, 0.2) is 0 Å². The number of hydrogen-bond donors (Lipinski definition) is 0. The summed E-state index contributed by atoms with van der Waals surface area (Å²) in [4.78, 5) is 0. The van der Waals surface area contributed by atoms with E-state index in [2.05, 4.69) is 88.9 Å². The highest BCUT2D eigenvalue weighted by molar-refractivity contribution is 5.14. The van der Waals surface area contributed by atoms with Crippen molar-refractivity contribution >= 4 is 0 Å². The van der Waals surface area contributed by atoms with Gasteiger partial charge >= 0.3 is 0 Å². The molecule has 2 fully saturated rings. The van der Waals surface area contributed by atoms with Crippen molar-refractivity contribution in [3.05, 3.63) is 71.8 Å². The van der Waals surface area contributed by atoms with Crippen LogP contribution in [0.15, 0.2) is 60.7 Å². The molecule has 0 spiro atoms. The van der Waals surface area contributed by atoms with Gasteiger partial charge in [0.1, 0.15) is 50.6 Å². The molecule has 2 N–H and O–H groups in total. The Balaban J connectivity index is 0.00000160. The molecule has 7 heteroatoms. The lowest BCUT2D eigenvalue weighted by Gasteiger charge is -2.38. The van der Waals surface area contributed by atoms with Crippen molar-refractivity contribution in [3.8, 4) is 0 Å². The van der Waals surface area contributed by atoms with Gasteiger partial charge in [-0.1, -0.05) is 60.7 Å². The summed E-state index contributed by atoms with van der Waals surface area (Å²) in [6.07, 6.45) is 0.355. The van der Waals surface area contributed by atoms with Crippen molar-refractivity contribution < 1.29 is 71.9 Å². The van der Waals surface area contributed by atoms with Crippen molar-refractivity contribution in [2.75, 3.05) is 41.4 Å². The van der Waals surface area contributed by atoms with Gasteiger partial charge in [-0.25, -0.2) is 0 Å². The summed E-state index contributed by atoms with van der Waals surface area (Å²) < 4.78 is 14.6. The molecule has 0 unspecified atom stereocenters. The van der Waals surface area contributed by atoms with E-state index in [1.807, 2.05) is 0 Å². The fraction of sp³-hybridized carbons (Fsp3) is 0.500. The number of benzene rings is 2. The zero-order chi connectivity index (χ0) is 19.8. The second-order valence-electron chi connectivity index (χ2n) is 9.58. The average molecular weight is 654 g/mol. The maximum absolute atomic E-state index is 6.39. The smallest absolute Gasteiger partial charge is 0.144 e. The van der Waals surface area contributed by atoms with Crippen LogP contribution in [0.3, 0.4) is 0 Å². The predicted octanol–water partition coefficient (Wildman–Crippen LogP) is -3.74. The third kappa shape index (κ3) is 6.39. The molecule has 0 aromatic heterocycles. The predicted molar refractivity (Wildman–Crippen MR) is 115 cm³/mol. The number of likely N-dealkylation sites (N-methyl/N-ethyl adjacent to an activating group) is 2. The molecule has 2 aliphatic rings. The van der Waals surface area contributed by atoms with E-state index in [-0.39, 0.29) is 65.6 Å². The maximum Gasteiger partial charge on any atom is 0.144 e. The standard InChI is InChI=1S/C24H34N2O2.2HI.H2O/c1-25(2,15-19-11-7-5-8-12-19)21-17-27-24-22(18-28-23(21)24)26(3,4)16-20-13-9-6-10-14-20;;;/h5-14,21-24H,15-18H2,1-4H3;2*1H;1H2/q+2;;;/p-2/t21-,22-,23+,24+;;;/m0.../s1. The van der Waals surface area contributed by atoms with Gasteiger partial charge < -0.3 is 71.9 Å². The molecule has 5 nitrogen and oxygen atoms in total. The van der Waals surface area contributed by atoms with E-state index in [0.717, 1.165) is 35.3 Å². The van der Waals surface area contributed by atoms with Gasteiger partial charge in [0.2, 0.25) is 0 Å². The highest BCUT2D eigenvalue weighted by Gasteiger charge is 2.58. The summed E-state index contributed by atoms with van der Waals surface area (Å²) in [5.41, 5.74) is 2.73. The molecular formula is C24H36I2N2O3. The fourth-order valence-electron chi connectivity index (χ4n) is 5.00. The quantitative estimate of drug-likeness (QED) is 0.238. The van der Waals surface area contributed by atoms with E-state index in [4.69, 9.17) is 9.47 Å². The second-order valence-corrected chi connectivity index (χ2v) is 9.58. The van der Waals surface area contributed by atoms with Crippen molar-refractivity contribution in [3.63, 3.8) is 0 Å². The molecule has 4 rings (SSSR count). The lowest BCUT2D eigenvalue weighted by atomic mass is 10.0. The third-order valence-electron chi connectivity index (χ3n) is 6.66. The maximum atomic E-state index is 6.39. The summed E-state index contributed by atoms with van der Waals surface area (Å²) in [6, 6.07) is 22.2. The van der Waals surface area contributed by atoms with Crippen molar-refractivity contribution in [2.45, 2.75) is 37.4 Å². The van der Waals surface area contributed by atoms with Gasteiger partial charge in [0.25, 0.3) is 0 Å². The minimum Gasteiger partial charge on any atom is -1.00 e. The molecule has 31 heavy (non-hydrogen) atoms. The molecule has 2 aliphatic heterocycles. The molecule has 2 aromatic carbocycles. The zero-order valence-electron chi connectivity index (χ0n) is 18.9. The fourth-order valence-corrected chi connectivity index (χ4v) is 5.00. The van der Waals surface area contributed by atoms with Gasteiger partial charge in [-0.15, -0.1) is 0 Å². The Hall–Kier alpha value is -0.300. The Bertz CT molecular complexity index is 722. The molecular weight excluding hydrogens is 618 g/mol. The van der Waals surface area contributed by atoms with Crippen LogP contribution in [0, 0.1) is 0 Å². The number of fused-ring (bicyclic) bond motifs is 1. The summed E-state index contributed by atoms with van der Waals surface area (Å²) >= 11 is 0. The minimum absolute atomic E-state index is 0. The molecule has 0 amide bonds. The van der Waals surface area contributed by atoms with Gasteiger partial charge in [0, 0.05) is 11.1 Å².